The number of alkyl halides is 2. The summed E-state index contributed by atoms with van der Waals surface area (Å²) >= 11 is 0. The third-order valence-electron chi connectivity index (χ3n) is 3.21. The molecule has 2 atom stereocenters. The van der Waals surface area contributed by atoms with Gasteiger partial charge < -0.3 is 15.0 Å². The summed E-state index contributed by atoms with van der Waals surface area (Å²) in [6, 6.07) is 0.896. The Kier molecular flexibility index (Phi) is 4.66. The highest BCUT2D eigenvalue weighted by atomic mass is 19.3. The summed E-state index contributed by atoms with van der Waals surface area (Å²) in [6.45, 7) is 3.83. The number of hydrogen-bond donors (Lipinski definition) is 2. The fourth-order valence-electron chi connectivity index (χ4n) is 2.29. The van der Waals surface area contributed by atoms with Crippen molar-refractivity contribution < 1.29 is 18.3 Å². The van der Waals surface area contributed by atoms with Gasteiger partial charge in [-0.1, -0.05) is 0 Å². The molecule has 1 amide bonds. The van der Waals surface area contributed by atoms with Gasteiger partial charge in [0.25, 0.3) is 12.3 Å². The molecule has 1 aliphatic heterocycles. The first kappa shape index (κ1) is 14.9. The van der Waals surface area contributed by atoms with E-state index in [2.05, 4.69) is 15.5 Å². The van der Waals surface area contributed by atoms with Crippen LogP contribution >= 0.6 is 0 Å². The summed E-state index contributed by atoms with van der Waals surface area (Å²) in [6.07, 6.45) is -2.76. The number of rotatable bonds is 5. The van der Waals surface area contributed by atoms with Crippen molar-refractivity contribution in [3.63, 3.8) is 0 Å². The van der Waals surface area contributed by atoms with Gasteiger partial charge in [0.1, 0.15) is 11.4 Å². The second-order valence-corrected chi connectivity index (χ2v) is 4.80. The SMILES string of the molecule is CCO[C@H]1CN(C)C[C@@H]1NC(=O)c1cc(C(F)F)[nH]n1. The second-order valence-electron chi connectivity index (χ2n) is 4.80. The summed E-state index contributed by atoms with van der Waals surface area (Å²) in [5.74, 6) is -0.474. The van der Waals surface area contributed by atoms with Crippen molar-refractivity contribution in [3.05, 3.63) is 17.5 Å². The molecule has 1 fully saturated rings. The van der Waals surface area contributed by atoms with E-state index in [1.54, 1.807) is 0 Å². The van der Waals surface area contributed by atoms with Gasteiger partial charge in [0.2, 0.25) is 0 Å². The van der Waals surface area contributed by atoms with E-state index < -0.39 is 12.3 Å². The summed E-state index contributed by atoms with van der Waals surface area (Å²) in [4.78, 5) is 14.0. The fourth-order valence-corrected chi connectivity index (χ4v) is 2.29. The molecular weight excluding hydrogens is 270 g/mol. The zero-order chi connectivity index (χ0) is 14.7. The molecule has 6 nitrogen and oxygen atoms in total. The van der Waals surface area contributed by atoms with Crippen molar-refractivity contribution in [3.8, 4) is 0 Å². The number of nitrogens with zero attached hydrogens (tertiary/aromatic N) is 2. The Labute approximate surface area is 115 Å². The zero-order valence-corrected chi connectivity index (χ0v) is 11.4. The molecule has 1 aromatic rings. The molecule has 0 bridgehead atoms. The van der Waals surface area contributed by atoms with E-state index in [0.717, 1.165) is 12.6 Å². The Bertz CT molecular complexity index is 466. The summed E-state index contributed by atoms with van der Waals surface area (Å²) < 4.78 is 30.4. The molecule has 0 unspecified atom stereocenters. The van der Waals surface area contributed by atoms with E-state index in [0.29, 0.717) is 13.2 Å². The van der Waals surface area contributed by atoms with Crippen LogP contribution < -0.4 is 5.32 Å². The second kappa shape index (κ2) is 6.27. The van der Waals surface area contributed by atoms with Crippen molar-refractivity contribution >= 4 is 5.91 Å². The number of halogens is 2. The van der Waals surface area contributed by atoms with Gasteiger partial charge in [0, 0.05) is 19.7 Å². The normalized spacial score (nSPS) is 23.4. The summed E-state index contributed by atoms with van der Waals surface area (Å²) in [7, 11) is 1.93. The Morgan fingerprint density at radius 2 is 2.40 bits per heavy atom. The van der Waals surface area contributed by atoms with Crippen LogP contribution in [0.5, 0.6) is 0 Å². The molecule has 8 heteroatoms. The van der Waals surface area contributed by atoms with Gasteiger partial charge in [-0.05, 0) is 20.0 Å². The third-order valence-corrected chi connectivity index (χ3v) is 3.21. The Balaban J connectivity index is 1.99. The number of nitrogens with one attached hydrogen (secondary N) is 2. The van der Waals surface area contributed by atoms with Crippen LogP contribution in [-0.2, 0) is 4.74 Å². The Morgan fingerprint density at radius 1 is 1.65 bits per heavy atom. The molecule has 0 spiro atoms. The van der Waals surface area contributed by atoms with Gasteiger partial charge in [0.05, 0.1) is 12.1 Å². The molecule has 112 valence electrons. The van der Waals surface area contributed by atoms with Crippen LogP contribution in [0.15, 0.2) is 6.07 Å². The fraction of sp³-hybridized carbons (Fsp3) is 0.667. The predicted octanol–water partition coefficient (Wildman–Crippen LogP) is 0.796. The number of aromatic amines is 1. The van der Waals surface area contributed by atoms with Crippen LogP contribution in [0, 0.1) is 0 Å². The number of carbonyl (C=O) groups excluding carboxylic acids is 1. The highest BCUT2D eigenvalue weighted by molar-refractivity contribution is 5.92. The Morgan fingerprint density at radius 3 is 3.00 bits per heavy atom. The average Bonchev–Trinajstić information content (AvgIpc) is 2.97. The molecule has 20 heavy (non-hydrogen) atoms. The lowest BCUT2D eigenvalue weighted by Crippen LogP contribution is -2.44. The lowest BCUT2D eigenvalue weighted by atomic mass is 10.2. The molecule has 0 aliphatic carbocycles. The van der Waals surface area contributed by atoms with Crippen LogP contribution in [0.3, 0.4) is 0 Å². The van der Waals surface area contributed by atoms with E-state index in [4.69, 9.17) is 4.74 Å². The smallest absolute Gasteiger partial charge is 0.279 e. The largest absolute Gasteiger partial charge is 0.375 e. The maximum absolute atomic E-state index is 12.4. The average molecular weight is 288 g/mol. The minimum Gasteiger partial charge on any atom is -0.375 e. The summed E-state index contributed by atoms with van der Waals surface area (Å²) in [5, 5.41) is 8.53. The van der Waals surface area contributed by atoms with Crippen LogP contribution in [0.2, 0.25) is 0 Å². The van der Waals surface area contributed by atoms with Crippen molar-refractivity contribution in [1.82, 2.24) is 20.4 Å². The van der Waals surface area contributed by atoms with Crippen molar-refractivity contribution in [2.24, 2.45) is 0 Å². The maximum Gasteiger partial charge on any atom is 0.279 e. The number of H-pyrrole nitrogens is 1. The monoisotopic (exact) mass is 288 g/mol. The van der Waals surface area contributed by atoms with E-state index >= 15 is 0 Å². The molecule has 2 N–H and O–H groups in total. The molecule has 0 radical (unpaired) electrons. The van der Waals surface area contributed by atoms with Crippen LogP contribution in [0.4, 0.5) is 8.78 Å². The van der Waals surface area contributed by atoms with Gasteiger partial charge in [0.15, 0.2) is 0 Å². The highest BCUT2D eigenvalue weighted by Crippen LogP contribution is 2.17. The Hall–Kier alpha value is -1.54. The zero-order valence-electron chi connectivity index (χ0n) is 11.4. The van der Waals surface area contributed by atoms with Gasteiger partial charge in [-0.15, -0.1) is 0 Å². The number of aromatic nitrogens is 2. The molecule has 1 aliphatic rings. The minimum atomic E-state index is -2.67. The van der Waals surface area contributed by atoms with Crippen LogP contribution in [0.1, 0.15) is 29.5 Å². The first-order valence-corrected chi connectivity index (χ1v) is 6.45. The molecule has 0 saturated carbocycles. The number of likely N-dealkylation sites (N-methyl/N-ethyl adjacent to an activating group) is 1. The highest BCUT2D eigenvalue weighted by Gasteiger charge is 2.33. The van der Waals surface area contributed by atoms with Gasteiger partial charge in [-0.2, -0.15) is 5.10 Å². The minimum absolute atomic E-state index is 0.0369. The predicted molar refractivity (Wildman–Crippen MR) is 67.7 cm³/mol. The number of carbonyl (C=O) groups is 1. The molecule has 0 aromatic carbocycles. The molecule has 2 heterocycles. The van der Waals surface area contributed by atoms with Gasteiger partial charge >= 0.3 is 0 Å². The van der Waals surface area contributed by atoms with E-state index in [9.17, 15) is 13.6 Å². The van der Waals surface area contributed by atoms with E-state index in [1.807, 2.05) is 18.9 Å². The van der Waals surface area contributed by atoms with Crippen molar-refractivity contribution in [2.45, 2.75) is 25.5 Å². The lowest BCUT2D eigenvalue weighted by molar-refractivity contribution is 0.0512. The molecule has 2 rings (SSSR count). The first-order chi connectivity index (χ1) is 9.51. The van der Waals surface area contributed by atoms with E-state index in [1.165, 1.54) is 0 Å². The molecule has 1 aromatic heterocycles. The number of amides is 1. The van der Waals surface area contributed by atoms with E-state index in [-0.39, 0.29) is 23.5 Å². The van der Waals surface area contributed by atoms with Crippen molar-refractivity contribution in [1.29, 1.82) is 0 Å². The van der Waals surface area contributed by atoms with Crippen molar-refractivity contribution in [2.75, 3.05) is 26.7 Å². The number of ether oxygens (including phenoxy) is 1. The van der Waals surface area contributed by atoms with Gasteiger partial charge in [-0.3, -0.25) is 9.89 Å². The van der Waals surface area contributed by atoms with Crippen LogP contribution in [-0.4, -0.2) is 59.9 Å². The van der Waals surface area contributed by atoms with Gasteiger partial charge in [-0.25, -0.2) is 8.78 Å². The topological polar surface area (TPSA) is 70.2 Å². The lowest BCUT2D eigenvalue weighted by Gasteiger charge is -2.19. The first-order valence-electron chi connectivity index (χ1n) is 6.45. The summed E-state index contributed by atoms with van der Waals surface area (Å²) in [5.41, 5.74) is -0.398. The maximum atomic E-state index is 12.4. The standard InChI is InChI=1S/C12H18F2N4O2/c1-3-20-10-6-18(2)5-9(10)15-12(19)8-4-7(11(13)14)16-17-8/h4,9-11H,3,5-6H2,1-2H3,(H,15,19)(H,16,17)/t9-,10-/m0/s1. The van der Waals surface area contributed by atoms with Crippen LogP contribution in [0.25, 0.3) is 0 Å². The molecular formula is C12H18F2N4O2. The quantitative estimate of drug-likeness (QED) is 0.840. The number of hydrogen-bond acceptors (Lipinski definition) is 4. The third kappa shape index (κ3) is 3.31. The molecule has 1 saturated heterocycles. The number of likely N-dealkylation sites (tertiary alicyclic amines) is 1.